The molecule has 2 amide bonds. The molecule has 1 aliphatic heterocycles. The summed E-state index contributed by atoms with van der Waals surface area (Å²) in [5.74, 6) is -1.05. The molecule has 7 nitrogen and oxygen atoms in total. The van der Waals surface area contributed by atoms with E-state index < -0.39 is 35.3 Å². The highest BCUT2D eigenvalue weighted by Gasteiger charge is 2.45. The van der Waals surface area contributed by atoms with Gasteiger partial charge in [0, 0.05) is 0 Å². The van der Waals surface area contributed by atoms with Crippen molar-refractivity contribution in [3.63, 3.8) is 0 Å². The van der Waals surface area contributed by atoms with Gasteiger partial charge in [-0.2, -0.15) is 0 Å². The Kier molecular flexibility index (Phi) is 5.90. The Morgan fingerprint density at radius 1 is 1.00 bits per heavy atom. The fourth-order valence-corrected chi connectivity index (χ4v) is 2.28. The zero-order valence-corrected chi connectivity index (χ0v) is 15.8. The molecular formula is C17H29NO6. The van der Waals surface area contributed by atoms with Gasteiger partial charge in [-0.1, -0.05) is 13.8 Å². The zero-order valence-electron chi connectivity index (χ0n) is 15.8. The van der Waals surface area contributed by atoms with Crippen LogP contribution < -0.4 is 0 Å². The van der Waals surface area contributed by atoms with Crippen molar-refractivity contribution in [2.75, 3.05) is 6.61 Å². The molecule has 0 radical (unpaired) electrons. The number of ether oxygens (including phenoxy) is 3. The summed E-state index contributed by atoms with van der Waals surface area (Å²) in [6, 6.07) is -0.637. The second-order valence-corrected chi connectivity index (χ2v) is 8.18. The average Bonchev–Trinajstić information content (AvgIpc) is 2.35. The van der Waals surface area contributed by atoms with E-state index in [2.05, 4.69) is 0 Å². The predicted octanol–water partition coefficient (Wildman–Crippen LogP) is 3.36. The lowest BCUT2D eigenvalue weighted by Gasteiger charge is -2.39. The molecule has 0 aliphatic carbocycles. The van der Waals surface area contributed by atoms with Crippen molar-refractivity contribution in [2.45, 2.75) is 72.6 Å². The van der Waals surface area contributed by atoms with Crippen LogP contribution in [0.5, 0.6) is 0 Å². The van der Waals surface area contributed by atoms with Gasteiger partial charge in [0.2, 0.25) is 0 Å². The van der Waals surface area contributed by atoms with E-state index in [-0.39, 0.29) is 18.5 Å². The van der Waals surface area contributed by atoms with Gasteiger partial charge in [-0.15, -0.1) is 0 Å². The summed E-state index contributed by atoms with van der Waals surface area (Å²) in [6.07, 6.45) is -1.61. The van der Waals surface area contributed by atoms with Crippen LogP contribution in [0.15, 0.2) is 0 Å². The van der Waals surface area contributed by atoms with Crippen LogP contribution in [0.1, 0.15) is 55.4 Å². The lowest BCUT2D eigenvalue weighted by Crippen LogP contribution is -2.56. The van der Waals surface area contributed by atoms with Gasteiger partial charge in [0.05, 0.1) is 12.0 Å². The Morgan fingerprint density at radius 2 is 1.42 bits per heavy atom. The summed E-state index contributed by atoms with van der Waals surface area (Å²) in [5.41, 5.74) is -1.53. The Hall–Kier alpha value is -1.79. The zero-order chi connectivity index (χ0) is 18.9. The van der Waals surface area contributed by atoms with E-state index in [0.29, 0.717) is 0 Å². The van der Waals surface area contributed by atoms with Crippen LogP contribution in [-0.2, 0) is 19.0 Å². The van der Waals surface area contributed by atoms with Crippen LogP contribution in [0.25, 0.3) is 0 Å². The molecular weight excluding hydrogens is 314 g/mol. The minimum Gasteiger partial charge on any atom is -0.463 e. The molecule has 7 heteroatoms. The number of carbonyl (C=O) groups is 3. The number of cyclic esters (lactones) is 1. The molecule has 0 N–H and O–H groups in total. The van der Waals surface area contributed by atoms with Gasteiger partial charge in [0.1, 0.15) is 17.8 Å². The quantitative estimate of drug-likeness (QED) is 0.536. The lowest BCUT2D eigenvalue weighted by atomic mass is 9.86. The van der Waals surface area contributed by atoms with E-state index in [1.807, 2.05) is 0 Å². The number of hydrogen-bond acceptors (Lipinski definition) is 6. The maximum Gasteiger partial charge on any atom is 0.420 e. The molecule has 0 spiro atoms. The first kappa shape index (κ1) is 20.3. The summed E-state index contributed by atoms with van der Waals surface area (Å²) in [5, 5.41) is 0. The van der Waals surface area contributed by atoms with E-state index in [9.17, 15) is 14.4 Å². The maximum atomic E-state index is 12.6. The summed E-state index contributed by atoms with van der Waals surface area (Å²) < 4.78 is 15.8. The molecule has 1 aliphatic rings. The third-order valence-corrected chi connectivity index (χ3v) is 3.68. The number of rotatable bonds is 1. The minimum absolute atomic E-state index is 0.0666. The van der Waals surface area contributed by atoms with E-state index in [0.717, 1.165) is 4.90 Å². The molecule has 0 aromatic carbocycles. The molecule has 24 heavy (non-hydrogen) atoms. The van der Waals surface area contributed by atoms with Gasteiger partial charge in [0.25, 0.3) is 0 Å². The Balaban J connectivity index is 3.11. The summed E-state index contributed by atoms with van der Waals surface area (Å²) in [4.78, 5) is 37.8. The van der Waals surface area contributed by atoms with E-state index in [1.165, 1.54) is 0 Å². The van der Waals surface area contributed by atoms with Crippen molar-refractivity contribution < 1.29 is 28.6 Å². The topological polar surface area (TPSA) is 82.1 Å². The van der Waals surface area contributed by atoms with Crippen LogP contribution in [0.4, 0.5) is 9.59 Å². The molecule has 3 atom stereocenters. The average molecular weight is 343 g/mol. The van der Waals surface area contributed by atoms with Gasteiger partial charge in [-0.25, -0.2) is 14.5 Å². The summed E-state index contributed by atoms with van der Waals surface area (Å²) >= 11 is 0. The van der Waals surface area contributed by atoms with Gasteiger partial charge in [-0.3, -0.25) is 4.79 Å². The third kappa shape index (κ3) is 5.39. The van der Waals surface area contributed by atoms with Crippen molar-refractivity contribution >= 4 is 18.2 Å². The number of hydrogen-bond donors (Lipinski definition) is 0. The van der Waals surface area contributed by atoms with E-state index in [1.54, 1.807) is 55.4 Å². The number of nitrogens with zero attached hydrogens (tertiary/aromatic N) is 1. The first-order chi connectivity index (χ1) is 10.7. The van der Waals surface area contributed by atoms with E-state index in [4.69, 9.17) is 14.2 Å². The van der Waals surface area contributed by atoms with Crippen molar-refractivity contribution in [1.82, 2.24) is 4.90 Å². The second kappa shape index (κ2) is 6.99. The van der Waals surface area contributed by atoms with Gasteiger partial charge in [0.15, 0.2) is 0 Å². The van der Waals surface area contributed by atoms with Crippen LogP contribution in [0.3, 0.4) is 0 Å². The van der Waals surface area contributed by atoms with Gasteiger partial charge in [-0.05, 0) is 47.5 Å². The Labute approximate surface area is 143 Å². The number of carbonyl (C=O) groups excluding carboxylic acids is 3. The normalized spacial score (nSPS) is 24.8. The van der Waals surface area contributed by atoms with Crippen LogP contribution in [-0.4, -0.2) is 46.9 Å². The molecule has 0 aromatic heterocycles. The first-order valence-electron chi connectivity index (χ1n) is 8.15. The third-order valence-electron chi connectivity index (χ3n) is 3.68. The molecule has 1 fully saturated rings. The SMILES string of the molecule is C[C@@H]1[C@H](C)C(=O)OC[C@H]1N(C(=O)OC(C)(C)C)C(=O)OC(C)(C)C. The fourth-order valence-electron chi connectivity index (χ4n) is 2.28. The molecule has 1 saturated heterocycles. The summed E-state index contributed by atoms with van der Waals surface area (Å²) in [7, 11) is 0. The molecule has 1 heterocycles. The van der Waals surface area contributed by atoms with Crippen molar-refractivity contribution in [3.05, 3.63) is 0 Å². The molecule has 1 rings (SSSR count). The molecule has 0 saturated carbocycles. The highest BCUT2D eigenvalue weighted by Crippen LogP contribution is 2.28. The van der Waals surface area contributed by atoms with Crippen molar-refractivity contribution in [2.24, 2.45) is 11.8 Å². The monoisotopic (exact) mass is 343 g/mol. The van der Waals surface area contributed by atoms with Gasteiger partial charge < -0.3 is 14.2 Å². The largest absolute Gasteiger partial charge is 0.463 e. The molecule has 138 valence electrons. The van der Waals surface area contributed by atoms with Crippen LogP contribution >= 0.6 is 0 Å². The molecule has 0 bridgehead atoms. The number of imide groups is 1. The molecule has 0 unspecified atom stereocenters. The fraction of sp³-hybridized carbons (Fsp3) is 0.824. The smallest absolute Gasteiger partial charge is 0.420 e. The first-order valence-corrected chi connectivity index (χ1v) is 8.15. The highest BCUT2D eigenvalue weighted by molar-refractivity contribution is 5.89. The van der Waals surface area contributed by atoms with E-state index >= 15 is 0 Å². The Morgan fingerprint density at radius 3 is 1.79 bits per heavy atom. The second-order valence-electron chi connectivity index (χ2n) is 8.18. The van der Waals surface area contributed by atoms with Crippen molar-refractivity contribution in [1.29, 1.82) is 0 Å². The lowest BCUT2D eigenvalue weighted by molar-refractivity contribution is -0.160. The number of esters is 1. The number of amides is 2. The van der Waals surface area contributed by atoms with Crippen LogP contribution in [0.2, 0.25) is 0 Å². The van der Waals surface area contributed by atoms with Crippen LogP contribution in [0, 0.1) is 11.8 Å². The van der Waals surface area contributed by atoms with Crippen molar-refractivity contribution in [3.8, 4) is 0 Å². The minimum atomic E-state index is -0.807. The van der Waals surface area contributed by atoms with Gasteiger partial charge >= 0.3 is 18.2 Å². The highest BCUT2D eigenvalue weighted by atomic mass is 16.6. The predicted molar refractivity (Wildman–Crippen MR) is 87.4 cm³/mol. The summed E-state index contributed by atoms with van der Waals surface area (Å²) in [6.45, 7) is 13.7. The standard InChI is InChI=1S/C17H29NO6/c1-10-11(2)13(19)22-9-12(10)18(14(20)23-16(3,4)5)15(21)24-17(6,7)8/h10-12H,9H2,1-8H3/t10-,11+,12-/m1/s1. The Bertz CT molecular complexity index is 474. The maximum absolute atomic E-state index is 12.6. The molecule has 0 aromatic rings.